The molecule has 94 valence electrons. The Kier molecular flexibility index (Phi) is 4.46. The molecule has 2 nitrogen and oxygen atoms in total. The summed E-state index contributed by atoms with van der Waals surface area (Å²) >= 11 is 1.77. The predicted molar refractivity (Wildman–Crippen MR) is 74.4 cm³/mol. The van der Waals surface area contributed by atoms with Crippen molar-refractivity contribution < 1.29 is 0 Å². The average Bonchev–Trinajstić information content (AvgIpc) is 2.76. The van der Waals surface area contributed by atoms with Gasteiger partial charge in [0.05, 0.1) is 0 Å². The third kappa shape index (κ3) is 3.02. The van der Waals surface area contributed by atoms with E-state index in [4.69, 9.17) is 0 Å². The smallest absolute Gasteiger partial charge is 0.100 e. The number of nitrogens with zero attached hydrogens (tertiary/aromatic N) is 2. The Bertz CT molecular complexity index is 365. The summed E-state index contributed by atoms with van der Waals surface area (Å²) in [5.41, 5.74) is 1.43. The van der Waals surface area contributed by atoms with Gasteiger partial charge >= 0.3 is 0 Å². The molecule has 0 spiro atoms. The monoisotopic (exact) mass is 250 g/mol. The lowest BCUT2D eigenvalue weighted by Gasteiger charge is -2.27. The van der Waals surface area contributed by atoms with Crippen LogP contribution in [0, 0.1) is 5.92 Å². The topological polar surface area (TPSA) is 16.1 Å². The predicted octanol–water partition coefficient (Wildman–Crippen LogP) is 3.60. The van der Waals surface area contributed by atoms with E-state index in [0.29, 0.717) is 6.04 Å². The molecule has 0 amide bonds. The summed E-state index contributed by atoms with van der Waals surface area (Å²) in [6.07, 6.45) is 6.62. The maximum atomic E-state index is 4.49. The zero-order chi connectivity index (χ0) is 12.3. The molecular weight excluding hydrogens is 228 g/mol. The molecule has 1 aromatic rings. The molecule has 1 aliphatic heterocycles. The van der Waals surface area contributed by atoms with Gasteiger partial charge in [-0.15, -0.1) is 11.8 Å². The normalized spacial score (nSPS) is 21.3. The molecule has 1 saturated heterocycles. The largest absolute Gasteiger partial charge is 0.296 e. The molecule has 0 bridgehead atoms. The molecule has 0 unspecified atom stereocenters. The van der Waals surface area contributed by atoms with Crippen LogP contribution in [0.4, 0.5) is 0 Å². The molecule has 2 rings (SSSR count). The first kappa shape index (κ1) is 12.9. The lowest BCUT2D eigenvalue weighted by molar-refractivity contribution is 0.226. The van der Waals surface area contributed by atoms with E-state index in [9.17, 15) is 0 Å². The van der Waals surface area contributed by atoms with Gasteiger partial charge in [0.25, 0.3) is 0 Å². The fourth-order valence-electron chi connectivity index (χ4n) is 2.69. The van der Waals surface area contributed by atoms with E-state index in [0.717, 1.165) is 5.92 Å². The van der Waals surface area contributed by atoms with Crippen molar-refractivity contribution in [3.8, 4) is 0 Å². The zero-order valence-corrected chi connectivity index (χ0v) is 11.8. The minimum Gasteiger partial charge on any atom is -0.296 e. The summed E-state index contributed by atoms with van der Waals surface area (Å²) < 4.78 is 0. The van der Waals surface area contributed by atoms with Crippen LogP contribution in [0.1, 0.15) is 38.3 Å². The van der Waals surface area contributed by atoms with Gasteiger partial charge in [0.1, 0.15) is 5.03 Å². The Balaban J connectivity index is 2.19. The minimum atomic E-state index is 0.591. The number of hydrogen-bond acceptors (Lipinski definition) is 3. The SMILES string of the molecule is CSc1ncccc1[C@@H]1CCCN1CC(C)C. The minimum absolute atomic E-state index is 0.591. The Morgan fingerprint density at radius 1 is 1.53 bits per heavy atom. The molecule has 0 radical (unpaired) electrons. The first-order valence-corrected chi connectivity index (χ1v) is 7.67. The van der Waals surface area contributed by atoms with E-state index in [1.807, 2.05) is 6.20 Å². The average molecular weight is 250 g/mol. The van der Waals surface area contributed by atoms with Crippen LogP contribution in [0.15, 0.2) is 23.4 Å². The van der Waals surface area contributed by atoms with Crippen LogP contribution in [-0.4, -0.2) is 29.2 Å². The van der Waals surface area contributed by atoms with Crippen molar-refractivity contribution >= 4 is 11.8 Å². The van der Waals surface area contributed by atoms with Crippen LogP contribution in [0.3, 0.4) is 0 Å². The lowest BCUT2D eigenvalue weighted by atomic mass is 10.1. The third-order valence-corrected chi connectivity index (χ3v) is 4.04. The first-order chi connectivity index (χ1) is 8.22. The van der Waals surface area contributed by atoms with Crippen LogP contribution < -0.4 is 0 Å². The second-order valence-corrected chi connectivity index (χ2v) is 5.94. The zero-order valence-electron chi connectivity index (χ0n) is 11.0. The Morgan fingerprint density at radius 3 is 3.06 bits per heavy atom. The van der Waals surface area contributed by atoms with Crippen molar-refractivity contribution in [3.05, 3.63) is 23.9 Å². The second-order valence-electron chi connectivity index (χ2n) is 5.15. The second kappa shape index (κ2) is 5.87. The molecule has 2 heterocycles. The van der Waals surface area contributed by atoms with Crippen molar-refractivity contribution in [2.45, 2.75) is 37.8 Å². The van der Waals surface area contributed by atoms with E-state index in [1.165, 1.54) is 36.5 Å². The summed E-state index contributed by atoms with van der Waals surface area (Å²) in [5.74, 6) is 0.741. The van der Waals surface area contributed by atoms with E-state index in [1.54, 1.807) is 11.8 Å². The maximum Gasteiger partial charge on any atom is 0.100 e. The molecule has 0 aliphatic carbocycles. The highest BCUT2D eigenvalue weighted by Gasteiger charge is 2.28. The Morgan fingerprint density at radius 2 is 2.35 bits per heavy atom. The van der Waals surface area contributed by atoms with Gasteiger partial charge in [-0.2, -0.15) is 0 Å². The summed E-state index contributed by atoms with van der Waals surface area (Å²) in [5, 5.41) is 1.20. The summed E-state index contributed by atoms with van der Waals surface area (Å²) in [6.45, 7) is 7.04. The molecule has 17 heavy (non-hydrogen) atoms. The summed E-state index contributed by atoms with van der Waals surface area (Å²) in [4.78, 5) is 7.12. The fourth-order valence-corrected chi connectivity index (χ4v) is 3.30. The van der Waals surface area contributed by atoms with Gasteiger partial charge in [-0.25, -0.2) is 4.98 Å². The van der Waals surface area contributed by atoms with Crippen LogP contribution >= 0.6 is 11.8 Å². The lowest BCUT2D eigenvalue weighted by Crippen LogP contribution is -2.27. The number of pyridine rings is 1. The van der Waals surface area contributed by atoms with Crippen molar-refractivity contribution in [3.63, 3.8) is 0 Å². The molecule has 1 aromatic heterocycles. The first-order valence-electron chi connectivity index (χ1n) is 6.45. The van der Waals surface area contributed by atoms with Crippen molar-refractivity contribution in [1.82, 2.24) is 9.88 Å². The van der Waals surface area contributed by atoms with Gasteiger partial charge < -0.3 is 0 Å². The van der Waals surface area contributed by atoms with Crippen molar-refractivity contribution in [2.75, 3.05) is 19.3 Å². The van der Waals surface area contributed by atoms with Gasteiger partial charge in [0.2, 0.25) is 0 Å². The van der Waals surface area contributed by atoms with Crippen LogP contribution in [0.25, 0.3) is 0 Å². The molecular formula is C14H22N2S. The number of likely N-dealkylation sites (tertiary alicyclic amines) is 1. The van der Waals surface area contributed by atoms with Gasteiger partial charge in [0, 0.05) is 24.3 Å². The summed E-state index contributed by atoms with van der Waals surface area (Å²) in [7, 11) is 0. The molecule has 0 N–H and O–H groups in total. The molecule has 1 aliphatic rings. The molecule has 3 heteroatoms. The number of hydrogen-bond donors (Lipinski definition) is 0. The van der Waals surface area contributed by atoms with Crippen LogP contribution in [0.5, 0.6) is 0 Å². The third-order valence-electron chi connectivity index (χ3n) is 3.32. The molecule has 0 aromatic carbocycles. The Labute approximate surface area is 109 Å². The number of thioether (sulfide) groups is 1. The van der Waals surface area contributed by atoms with E-state index >= 15 is 0 Å². The highest BCUT2D eigenvalue weighted by atomic mass is 32.2. The molecule has 1 fully saturated rings. The Hall–Kier alpha value is -0.540. The highest BCUT2D eigenvalue weighted by molar-refractivity contribution is 7.98. The molecule has 0 saturated carbocycles. The van der Waals surface area contributed by atoms with Crippen molar-refractivity contribution in [1.29, 1.82) is 0 Å². The standard InChI is InChI=1S/C14H22N2S/c1-11(2)10-16-9-5-7-13(16)12-6-4-8-15-14(12)17-3/h4,6,8,11,13H,5,7,9-10H2,1-3H3/t13-/m0/s1. The summed E-state index contributed by atoms with van der Waals surface area (Å²) in [6, 6.07) is 4.91. The van der Waals surface area contributed by atoms with E-state index in [-0.39, 0.29) is 0 Å². The maximum absolute atomic E-state index is 4.49. The molecule has 1 atom stereocenters. The fraction of sp³-hybridized carbons (Fsp3) is 0.643. The number of aromatic nitrogens is 1. The van der Waals surface area contributed by atoms with Gasteiger partial charge in [-0.3, -0.25) is 4.90 Å². The van der Waals surface area contributed by atoms with E-state index < -0.39 is 0 Å². The van der Waals surface area contributed by atoms with Crippen molar-refractivity contribution in [2.24, 2.45) is 5.92 Å². The quantitative estimate of drug-likeness (QED) is 0.760. The highest BCUT2D eigenvalue weighted by Crippen LogP contribution is 2.35. The van der Waals surface area contributed by atoms with Gasteiger partial charge in [0.15, 0.2) is 0 Å². The van der Waals surface area contributed by atoms with Gasteiger partial charge in [-0.1, -0.05) is 19.9 Å². The van der Waals surface area contributed by atoms with E-state index in [2.05, 4.69) is 42.1 Å². The van der Waals surface area contributed by atoms with Gasteiger partial charge in [-0.05, 0) is 37.6 Å². The number of rotatable bonds is 4. The van der Waals surface area contributed by atoms with Crippen LogP contribution in [-0.2, 0) is 0 Å². The van der Waals surface area contributed by atoms with Crippen LogP contribution in [0.2, 0.25) is 0 Å².